The molecule has 0 aromatic carbocycles. The van der Waals surface area contributed by atoms with Gasteiger partial charge in [-0.15, -0.1) is 35.3 Å². The Morgan fingerprint density at radius 2 is 1.97 bits per heavy atom. The van der Waals surface area contributed by atoms with Gasteiger partial charge in [-0.2, -0.15) is 0 Å². The van der Waals surface area contributed by atoms with Crippen LogP contribution in [0.15, 0.2) is 29.5 Å². The summed E-state index contributed by atoms with van der Waals surface area (Å²) in [6, 6.07) is 4.27. The molecule has 2 aromatic rings. The highest BCUT2D eigenvalue weighted by atomic mass is 127. The second-order valence-corrected chi connectivity index (χ2v) is 8.30. The van der Waals surface area contributed by atoms with Gasteiger partial charge in [-0.05, 0) is 37.0 Å². The Balaban J connectivity index is 0.00000300. The second kappa shape index (κ2) is 13.0. The fourth-order valence-electron chi connectivity index (χ4n) is 3.36. The van der Waals surface area contributed by atoms with Crippen LogP contribution in [0.25, 0.3) is 0 Å². The first-order valence-corrected chi connectivity index (χ1v) is 11.2. The van der Waals surface area contributed by atoms with E-state index in [1.165, 1.54) is 41.1 Å². The van der Waals surface area contributed by atoms with E-state index < -0.39 is 0 Å². The molecule has 2 N–H and O–H groups in total. The highest BCUT2D eigenvalue weighted by molar-refractivity contribution is 14.0. The van der Waals surface area contributed by atoms with E-state index in [1.54, 1.807) is 11.3 Å². The standard InChI is InChI=1S/C21H32N6S.HI/c1-3-18-16-25-20(28-18)9-11-24-21(22-2)26-15-17-8-10-23-19(14-17)27-12-6-4-5-7-13-27;/h8,10,14,16H,3-7,9,11-13,15H2,1-2H3,(H2,22,24,26);1H. The minimum atomic E-state index is 0. The Morgan fingerprint density at radius 3 is 2.66 bits per heavy atom. The van der Waals surface area contributed by atoms with Crippen LogP contribution >= 0.6 is 35.3 Å². The fraction of sp³-hybridized carbons (Fsp3) is 0.571. The van der Waals surface area contributed by atoms with Crippen molar-refractivity contribution in [3.63, 3.8) is 0 Å². The molecule has 1 fully saturated rings. The summed E-state index contributed by atoms with van der Waals surface area (Å²) in [5.74, 6) is 1.92. The molecule has 6 nitrogen and oxygen atoms in total. The number of hydrogen-bond donors (Lipinski definition) is 2. The topological polar surface area (TPSA) is 65.4 Å². The van der Waals surface area contributed by atoms with E-state index >= 15 is 0 Å². The highest BCUT2D eigenvalue weighted by Crippen LogP contribution is 2.18. The molecule has 0 bridgehead atoms. The number of anilines is 1. The number of hydrogen-bond acceptors (Lipinski definition) is 5. The van der Waals surface area contributed by atoms with E-state index in [9.17, 15) is 0 Å². The summed E-state index contributed by atoms with van der Waals surface area (Å²) < 4.78 is 0. The molecular formula is C21H33IN6S. The van der Waals surface area contributed by atoms with Crippen molar-refractivity contribution in [1.29, 1.82) is 0 Å². The van der Waals surface area contributed by atoms with Crippen molar-refractivity contribution in [2.75, 3.05) is 31.6 Å². The maximum absolute atomic E-state index is 4.59. The van der Waals surface area contributed by atoms with E-state index in [4.69, 9.17) is 0 Å². The minimum absolute atomic E-state index is 0. The van der Waals surface area contributed by atoms with Crippen LogP contribution in [0, 0.1) is 0 Å². The lowest BCUT2D eigenvalue weighted by molar-refractivity contribution is 0.726. The third-order valence-corrected chi connectivity index (χ3v) is 6.21. The second-order valence-electron chi connectivity index (χ2n) is 7.10. The molecule has 160 valence electrons. The lowest BCUT2D eigenvalue weighted by Gasteiger charge is -2.22. The van der Waals surface area contributed by atoms with Crippen molar-refractivity contribution in [1.82, 2.24) is 20.6 Å². The molecule has 1 aliphatic heterocycles. The van der Waals surface area contributed by atoms with Crippen LogP contribution in [0.3, 0.4) is 0 Å². The smallest absolute Gasteiger partial charge is 0.191 e. The number of thiazole rings is 1. The molecule has 0 amide bonds. The van der Waals surface area contributed by atoms with Crippen LogP contribution in [0.1, 0.15) is 48.1 Å². The van der Waals surface area contributed by atoms with Crippen LogP contribution in [0.5, 0.6) is 0 Å². The summed E-state index contributed by atoms with van der Waals surface area (Å²) in [5, 5.41) is 7.96. The first kappa shape index (κ1) is 23.9. The maximum atomic E-state index is 4.59. The zero-order chi connectivity index (χ0) is 19.6. The van der Waals surface area contributed by atoms with Gasteiger partial charge in [0.2, 0.25) is 0 Å². The fourth-order valence-corrected chi connectivity index (χ4v) is 4.23. The van der Waals surface area contributed by atoms with E-state index in [0.717, 1.165) is 50.8 Å². The van der Waals surface area contributed by atoms with Gasteiger partial charge >= 0.3 is 0 Å². The van der Waals surface area contributed by atoms with E-state index in [-0.39, 0.29) is 24.0 Å². The normalized spacial score (nSPS) is 14.8. The molecule has 29 heavy (non-hydrogen) atoms. The maximum Gasteiger partial charge on any atom is 0.191 e. The quantitative estimate of drug-likeness (QED) is 0.323. The lowest BCUT2D eigenvalue weighted by Crippen LogP contribution is -2.37. The molecule has 0 radical (unpaired) electrons. The first-order chi connectivity index (χ1) is 13.8. The highest BCUT2D eigenvalue weighted by Gasteiger charge is 2.11. The van der Waals surface area contributed by atoms with E-state index in [2.05, 4.69) is 49.6 Å². The Kier molecular flexibility index (Phi) is 10.7. The van der Waals surface area contributed by atoms with Crippen molar-refractivity contribution in [2.24, 2.45) is 4.99 Å². The molecule has 0 unspecified atom stereocenters. The molecule has 8 heteroatoms. The Hall–Kier alpha value is -1.42. The number of aliphatic imine (C=N–C) groups is 1. The third-order valence-electron chi connectivity index (χ3n) is 5.00. The summed E-state index contributed by atoms with van der Waals surface area (Å²) in [7, 11) is 1.81. The summed E-state index contributed by atoms with van der Waals surface area (Å²) in [6.45, 7) is 5.96. The van der Waals surface area contributed by atoms with Crippen molar-refractivity contribution >= 4 is 47.1 Å². The zero-order valence-electron chi connectivity index (χ0n) is 17.5. The number of guanidine groups is 1. The van der Waals surface area contributed by atoms with Crippen molar-refractivity contribution in [2.45, 2.75) is 52.0 Å². The Morgan fingerprint density at radius 1 is 1.17 bits per heavy atom. The van der Waals surface area contributed by atoms with Gasteiger partial charge in [-0.1, -0.05) is 19.8 Å². The number of pyridine rings is 1. The molecule has 3 rings (SSSR count). The molecule has 3 heterocycles. The van der Waals surface area contributed by atoms with Gasteiger partial charge in [0.25, 0.3) is 0 Å². The molecule has 1 aliphatic rings. The summed E-state index contributed by atoms with van der Waals surface area (Å²) in [4.78, 5) is 17.2. The van der Waals surface area contributed by atoms with Gasteiger partial charge < -0.3 is 15.5 Å². The molecule has 0 saturated carbocycles. The molecule has 1 saturated heterocycles. The average Bonchev–Trinajstić information content (AvgIpc) is 3.02. The number of rotatable bonds is 7. The van der Waals surface area contributed by atoms with Gasteiger partial charge in [0.1, 0.15) is 5.82 Å². The number of halogens is 1. The van der Waals surface area contributed by atoms with E-state index in [0.29, 0.717) is 0 Å². The van der Waals surface area contributed by atoms with Crippen molar-refractivity contribution in [3.05, 3.63) is 40.0 Å². The first-order valence-electron chi connectivity index (χ1n) is 10.4. The number of nitrogens with zero attached hydrogens (tertiary/aromatic N) is 4. The van der Waals surface area contributed by atoms with Gasteiger partial charge in [0.05, 0.1) is 5.01 Å². The summed E-state index contributed by atoms with van der Waals surface area (Å²) in [5.41, 5.74) is 1.23. The van der Waals surface area contributed by atoms with Crippen LogP contribution in [-0.2, 0) is 19.4 Å². The van der Waals surface area contributed by atoms with Gasteiger partial charge in [-0.3, -0.25) is 4.99 Å². The van der Waals surface area contributed by atoms with Crippen LogP contribution in [0.4, 0.5) is 5.82 Å². The van der Waals surface area contributed by atoms with Crippen LogP contribution in [-0.4, -0.2) is 42.6 Å². The van der Waals surface area contributed by atoms with Gasteiger partial charge in [-0.25, -0.2) is 9.97 Å². The largest absolute Gasteiger partial charge is 0.357 e. The Labute approximate surface area is 195 Å². The number of aromatic nitrogens is 2. The molecule has 0 spiro atoms. The molecular weight excluding hydrogens is 495 g/mol. The predicted octanol–water partition coefficient (Wildman–Crippen LogP) is 4.01. The van der Waals surface area contributed by atoms with Crippen LogP contribution < -0.4 is 15.5 Å². The van der Waals surface area contributed by atoms with Crippen molar-refractivity contribution in [3.8, 4) is 0 Å². The molecule has 0 aliphatic carbocycles. The number of aryl methyl sites for hydroxylation is 1. The molecule has 0 atom stereocenters. The van der Waals surface area contributed by atoms with E-state index in [1.807, 2.05) is 19.4 Å². The zero-order valence-corrected chi connectivity index (χ0v) is 20.6. The van der Waals surface area contributed by atoms with Crippen LogP contribution in [0.2, 0.25) is 0 Å². The Bertz CT molecular complexity index is 755. The third kappa shape index (κ3) is 7.73. The number of nitrogens with one attached hydrogen (secondary N) is 2. The SMILES string of the molecule is CCc1cnc(CCNC(=NC)NCc2ccnc(N3CCCCCC3)c2)s1.I. The van der Waals surface area contributed by atoms with Crippen molar-refractivity contribution < 1.29 is 0 Å². The summed E-state index contributed by atoms with van der Waals surface area (Å²) in [6.07, 6.45) is 11.1. The molecule has 2 aromatic heterocycles. The lowest BCUT2D eigenvalue weighted by atomic mass is 10.2. The van der Waals surface area contributed by atoms with Gasteiger partial charge in [0.15, 0.2) is 5.96 Å². The predicted molar refractivity (Wildman–Crippen MR) is 134 cm³/mol. The monoisotopic (exact) mass is 528 g/mol. The minimum Gasteiger partial charge on any atom is -0.357 e. The summed E-state index contributed by atoms with van der Waals surface area (Å²) >= 11 is 1.80. The average molecular weight is 529 g/mol. The van der Waals surface area contributed by atoms with Gasteiger partial charge in [0, 0.05) is 56.9 Å².